The van der Waals surface area contributed by atoms with Crippen molar-refractivity contribution in [2.24, 2.45) is 5.92 Å². The summed E-state index contributed by atoms with van der Waals surface area (Å²) in [6.45, 7) is 8.83. The van der Waals surface area contributed by atoms with Crippen LogP contribution in [0.25, 0.3) is 0 Å². The van der Waals surface area contributed by atoms with Crippen molar-refractivity contribution >= 4 is 11.5 Å². The lowest BCUT2D eigenvalue weighted by Gasteiger charge is -2.29. The van der Waals surface area contributed by atoms with Crippen LogP contribution < -0.4 is 11.1 Å². The third-order valence-electron chi connectivity index (χ3n) is 3.81. The Kier molecular flexibility index (Phi) is 4.11. The Balaban J connectivity index is 2.08. The third kappa shape index (κ3) is 2.61. The predicted molar refractivity (Wildman–Crippen MR) is 73.7 cm³/mol. The maximum Gasteiger partial charge on any atom is 0.148 e. The highest BCUT2D eigenvalue weighted by molar-refractivity contribution is 5.65. The lowest BCUT2D eigenvalue weighted by atomic mass is 9.93. The fraction of sp³-hybridized carbons (Fsp3) is 0.769. The van der Waals surface area contributed by atoms with Crippen LogP contribution in [-0.2, 0) is 11.3 Å². The number of anilines is 2. The molecule has 18 heavy (non-hydrogen) atoms. The van der Waals surface area contributed by atoms with Crippen LogP contribution in [0.2, 0.25) is 0 Å². The quantitative estimate of drug-likeness (QED) is 0.860. The van der Waals surface area contributed by atoms with E-state index in [0.29, 0.717) is 12.0 Å². The molecule has 1 fully saturated rings. The van der Waals surface area contributed by atoms with Gasteiger partial charge in [-0.05, 0) is 39.5 Å². The first-order valence-corrected chi connectivity index (χ1v) is 6.80. The molecule has 102 valence electrons. The van der Waals surface area contributed by atoms with Gasteiger partial charge in [-0.1, -0.05) is 0 Å². The van der Waals surface area contributed by atoms with Gasteiger partial charge in [0.15, 0.2) is 0 Å². The van der Waals surface area contributed by atoms with E-state index in [-0.39, 0.29) is 0 Å². The molecule has 1 aromatic heterocycles. The van der Waals surface area contributed by atoms with Crippen molar-refractivity contribution in [1.29, 1.82) is 0 Å². The monoisotopic (exact) mass is 252 g/mol. The number of hydrogen-bond acceptors (Lipinski definition) is 4. The first-order valence-electron chi connectivity index (χ1n) is 6.80. The predicted octanol–water partition coefficient (Wildman–Crippen LogP) is 2.02. The van der Waals surface area contributed by atoms with E-state index in [0.717, 1.165) is 49.8 Å². The van der Waals surface area contributed by atoms with Gasteiger partial charge in [-0.25, -0.2) is 4.68 Å². The largest absolute Gasteiger partial charge is 0.394 e. The third-order valence-corrected chi connectivity index (χ3v) is 3.81. The molecule has 0 amide bonds. The molecule has 1 atom stereocenters. The van der Waals surface area contributed by atoms with Gasteiger partial charge in [0.05, 0.1) is 11.4 Å². The molecular weight excluding hydrogens is 228 g/mol. The molecule has 1 aliphatic rings. The number of nitrogens with one attached hydrogen (secondary N) is 1. The average Bonchev–Trinajstić information content (AvgIpc) is 2.67. The van der Waals surface area contributed by atoms with E-state index in [1.54, 1.807) is 0 Å². The molecule has 2 rings (SSSR count). The second-order valence-electron chi connectivity index (χ2n) is 5.05. The number of hydrogen-bond donors (Lipinski definition) is 2. The van der Waals surface area contributed by atoms with Crippen molar-refractivity contribution in [2.45, 2.75) is 46.2 Å². The Labute approximate surface area is 109 Å². The van der Waals surface area contributed by atoms with Crippen LogP contribution in [-0.4, -0.2) is 29.0 Å². The fourth-order valence-corrected chi connectivity index (χ4v) is 2.53. The lowest BCUT2D eigenvalue weighted by Crippen LogP contribution is -2.32. The summed E-state index contributed by atoms with van der Waals surface area (Å²) in [4.78, 5) is 0. The number of nitrogen functional groups attached to an aromatic ring is 1. The maximum absolute atomic E-state index is 6.09. The minimum atomic E-state index is 0.401. The van der Waals surface area contributed by atoms with Gasteiger partial charge in [0, 0.05) is 25.8 Å². The normalized spacial score (nSPS) is 18.8. The highest BCUT2D eigenvalue weighted by Gasteiger charge is 2.22. The van der Waals surface area contributed by atoms with Crippen LogP contribution in [0.1, 0.15) is 32.4 Å². The minimum Gasteiger partial charge on any atom is -0.394 e. The van der Waals surface area contributed by atoms with Gasteiger partial charge >= 0.3 is 0 Å². The van der Waals surface area contributed by atoms with Crippen molar-refractivity contribution in [2.75, 3.05) is 24.3 Å². The molecule has 0 radical (unpaired) electrons. The van der Waals surface area contributed by atoms with E-state index in [1.807, 2.05) is 11.6 Å². The van der Waals surface area contributed by atoms with Crippen LogP contribution >= 0.6 is 0 Å². The minimum absolute atomic E-state index is 0.401. The first kappa shape index (κ1) is 13.2. The number of nitrogens with two attached hydrogens (primary N) is 1. The van der Waals surface area contributed by atoms with Gasteiger partial charge in [0.1, 0.15) is 5.82 Å². The summed E-state index contributed by atoms with van der Waals surface area (Å²) in [7, 11) is 0. The molecular formula is C13H24N4O. The number of nitrogens with zero attached hydrogens (tertiary/aromatic N) is 2. The van der Waals surface area contributed by atoms with Crippen LogP contribution in [0.4, 0.5) is 11.5 Å². The van der Waals surface area contributed by atoms with Gasteiger partial charge in [0.25, 0.3) is 0 Å². The Hall–Kier alpha value is -1.23. The molecule has 0 saturated carbocycles. The van der Waals surface area contributed by atoms with Crippen molar-refractivity contribution in [3.8, 4) is 0 Å². The first-order chi connectivity index (χ1) is 8.63. The Morgan fingerprint density at radius 1 is 1.50 bits per heavy atom. The summed E-state index contributed by atoms with van der Waals surface area (Å²) in [5, 5.41) is 7.97. The molecule has 1 unspecified atom stereocenters. The average molecular weight is 252 g/mol. The second kappa shape index (κ2) is 5.61. The molecule has 1 aromatic rings. The molecule has 0 spiro atoms. The summed E-state index contributed by atoms with van der Waals surface area (Å²) in [6, 6.07) is 0.401. The number of aromatic nitrogens is 2. The Bertz CT molecular complexity index is 396. The standard InChI is InChI=1S/C13H24N4O/c1-4-17-13(12(14)10(3)16-17)15-9(2)11-5-7-18-8-6-11/h9,11,15H,4-8,14H2,1-3H3. The molecule has 5 heteroatoms. The topological polar surface area (TPSA) is 65.1 Å². The molecule has 2 heterocycles. The SMILES string of the molecule is CCn1nc(C)c(N)c1NC(C)C1CCOCC1. The maximum atomic E-state index is 6.09. The van der Waals surface area contributed by atoms with Crippen LogP contribution in [0.15, 0.2) is 0 Å². The van der Waals surface area contributed by atoms with E-state index in [2.05, 4.69) is 24.3 Å². The molecule has 5 nitrogen and oxygen atoms in total. The van der Waals surface area contributed by atoms with Crippen molar-refractivity contribution in [1.82, 2.24) is 9.78 Å². The van der Waals surface area contributed by atoms with E-state index in [4.69, 9.17) is 10.5 Å². The zero-order valence-electron chi connectivity index (χ0n) is 11.6. The van der Waals surface area contributed by atoms with Gasteiger partial charge < -0.3 is 15.8 Å². The highest BCUT2D eigenvalue weighted by atomic mass is 16.5. The zero-order chi connectivity index (χ0) is 13.1. The van der Waals surface area contributed by atoms with Crippen LogP contribution in [0, 0.1) is 12.8 Å². The summed E-state index contributed by atoms with van der Waals surface area (Å²) in [5.41, 5.74) is 7.76. The molecule has 1 aliphatic heterocycles. The van der Waals surface area contributed by atoms with Gasteiger partial charge in [0.2, 0.25) is 0 Å². The van der Waals surface area contributed by atoms with E-state index in [1.165, 1.54) is 0 Å². The van der Waals surface area contributed by atoms with Gasteiger partial charge in [-0.3, -0.25) is 0 Å². The van der Waals surface area contributed by atoms with Crippen molar-refractivity contribution < 1.29 is 4.74 Å². The fourth-order valence-electron chi connectivity index (χ4n) is 2.53. The summed E-state index contributed by atoms with van der Waals surface area (Å²) in [5.74, 6) is 1.62. The Morgan fingerprint density at radius 3 is 2.78 bits per heavy atom. The number of ether oxygens (including phenoxy) is 1. The molecule has 1 saturated heterocycles. The van der Waals surface area contributed by atoms with Crippen molar-refractivity contribution in [3.05, 3.63) is 5.69 Å². The van der Waals surface area contributed by atoms with E-state index in [9.17, 15) is 0 Å². The Morgan fingerprint density at radius 2 is 2.17 bits per heavy atom. The molecule has 3 N–H and O–H groups in total. The molecule has 0 aromatic carbocycles. The number of aryl methyl sites for hydroxylation is 2. The van der Waals surface area contributed by atoms with Crippen LogP contribution in [0.3, 0.4) is 0 Å². The van der Waals surface area contributed by atoms with Gasteiger partial charge in [-0.2, -0.15) is 5.10 Å². The second-order valence-corrected chi connectivity index (χ2v) is 5.05. The molecule has 0 bridgehead atoms. The van der Waals surface area contributed by atoms with Crippen LogP contribution in [0.5, 0.6) is 0 Å². The smallest absolute Gasteiger partial charge is 0.148 e. The number of rotatable bonds is 4. The lowest BCUT2D eigenvalue weighted by molar-refractivity contribution is 0.0622. The summed E-state index contributed by atoms with van der Waals surface area (Å²) < 4.78 is 7.35. The van der Waals surface area contributed by atoms with Crippen molar-refractivity contribution in [3.63, 3.8) is 0 Å². The van der Waals surface area contributed by atoms with Gasteiger partial charge in [-0.15, -0.1) is 0 Å². The van der Waals surface area contributed by atoms with E-state index < -0.39 is 0 Å². The zero-order valence-corrected chi connectivity index (χ0v) is 11.6. The highest BCUT2D eigenvalue weighted by Crippen LogP contribution is 2.26. The van der Waals surface area contributed by atoms with E-state index >= 15 is 0 Å². The summed E-state index contributed by atoms with van der Waals surface area (Å²) >= 11 is 0. The summed E-state index contributed by atoms with van der Waals surface area (Å²) in [6.07, 6.45) is 2.24. The molecule has 0 aliphatic carbocycles.